The van der Waals surface area contributed by atoms with Crippen LogP contribution in [0.15, 0.2) is 70.5 Å². The molecule has 0 unspecified atom stereocenters. The third-order valence-electron chi connectivity index (χ3n) is 5.44. The summed E-state index contributed by atoms with van der Waals surface area (Å²) in [5, 5.41) is 0. The summed E-state index contributed by atoms with van der Waals surface area (Å²) in [6, 6.07) is 11.8. The number of fused-ring (bicyclic) bond motifs is 1. The van der Waals surface area contributed by atoms with Crippen LogP contribution in [0.1, 0.15) is 22.3 Å². The molecule has 0 atom stereocenters. The van der Waals surface area contributed by atoms with Crippen molar-refractivity contribution in [1.29, 1.82) is 0 Å². The standard InChI is InChI=1S/C23H20F2N2O6S2/c1-33-23(28)16-4-2-6-19(12-16)35(31,32)27-11-3-5-15-7-9-18(14-21(15)27)26-34(29,30)22-10-8-17(24)13-20(22)25/h2,4,6-10,12-14,26H,3,5,11H2,1H3. The minimum Gasteiger partial charge on any atom is -0.465 e. The highest BCUT2D eigenvalue weighted by Crippen LogP contribution is 2.35. The second-order valence-electron chi connectivity index (χ2n) is 7.72. The lowest BCUT2D eigenvalue weighted by molar-refractivity contribution is 0.0600. The van der Waals surface area contributed by atoms with Gasteiger partial charge in [0.05, 0.1) is 28.9 Å². The SMILES string of the molecule is COC(=O)c1cccc(S(=O)(=O)N2CCCc3ccc(NS(=O)(=O)c4ccc(F)cc4F)cc32)c1. The Bertz CT molecular complexity index is 1520. The third-order valence-corrected chi connectivity index (χ3v) is 8.66. The van der Waals surface area contributed by atoms with Gasteiger partial charge in [0.1, 0.15) is 16.5 Å². The van der Waals surface area contributed by atoms with Crippen LogP contribution in [-0.4, -0.2) is 36.5 Å². The fourth-order valence-electron chi connectivity index (χ4n) is 3.79. The van der Waals surface area contributed by atoms with Crippen LogP contribution in [0.25, 0.3) is 0 Å². The zero-order valence-corrected chi connectivity index (χ0v) is 20.0. The second-order valence-corrected chi connectivity index (χ2v) is 11.2. The number of esters is 1. The highest BCUT2D eigenvalue weighted by Gasteiger charge is 2.30. The van der Waals surface area contributed by atoms with Crippen LogP contribution in [0.3, 0.4) is 0 Å². The second kappa shape index (κ2) is 9.27. The fraction of sp³-hybridized carbons (Fsp3) is 0.174. The van der Waals surface area contributed by atoms with E-state index in [1.54, 1.807) is 6.07 Å². The van der Waals surface area contributed by atoms with E-state index in [2.05, 4.69) is 9.46 Å². The number of sulfonamides is 2. The smallest absolute Gasteiger partial charge is 0.337 e. The van der Waals surface area contributed by atoms with E-state index in [4.69, 9.17) is 0 Å². The molecule has 1 aliphatic heterocycles. The summed E-state index contributed by atoms with van der Waals surface area (Å²) in [5.41, 5.74) is 0.978. The van der Waals surface area contributed by atoms with Crippen molar-refractivity contribution in [3.63, 3.8) is 0 Å². The molecule has 0 radical (unpaired) electrons. The van der Waals surface area contributed by atoms with Crippen LogP contribution in [0, 0.1) is 11.6 Å². The molecule has 0 amide bonds. The van der Waals surface area contributed by atoms with Gasteiger partial charge in [-0.05, 0) is 60.9 Å². The summed E-state index contributed by atoms with van der Waals surface area (Å²) < 4.78 is 87.5. The van der Waals surface area contributed by atoms with E-state index in [0.717, 1.165) is 16.4 Å². The molecule has 12 heteroatoms. The molecule has 0 spiro atoms. The molecule has 4 rings (SSSR count). The number of hydrogen-bond donors (Lipinski definition) is 1. The number of methoxy groups -OCH3 is 1. The third kappa shape index (κ3) is 4.84. The predicted octanol–water partition coefficient (Wildman–Crippen LogP) is 3.69. The topological polar surface area (TPSA) is 110 Å². The first-order valence-electron chi connectivity index (χ1n) is 10.3. The lowest BCUT2D eigenvalue weighted by Crippen LogP contribution is -2.35. The monoisotopic (exact) mass is 522 g/mol. The molecule has 0 saturated heterocycles. The van der Waals surface area contributed by atoms with Crippen molar-refractivity contribution in [3.8, 4) is 0 Å². The molecule has 1 N–H and O–H groups in total. The average molecular weight is 523 g/mol. The molecule has 3 aromatic carbocycles. The first kappa shape index (κ1) is 24.6. The van der Waals surface area contributed by atoms with Crippen molar-refractivity contribution in [2.24, 2.45) is 0 Å². The minimum absolute atomic E-state index is 0.00196. The van der Waals surface area contributed by atoms with Crippen molar-refractivity contribution >= 4 is 37.4 Å². The van der Waals surface area contributed by atoms with Gasteiger partial charge in [-0.15, -0.1) is 0 Å². The molecule has 8 nitrogen and oxygen atoms in total. The molecule has 0 saturated carbocycles. The van der Waals surface area contributed by atoms with E-state index in [1.165, 1.54) is 43.5 Å². The number of aryl methyl sites for hydroxylation is 1. The molecule has 0 aliphatic carbocycles. The predicted molar refractivity (Wildman–Crippen MR) is 124 cm³/mol. The highest BCUT2D eigenvalue weighted by molar-refractivity contribution is 7.93. The molecule has 1 heterocycles. The number of hydrogen-bond acceptors (Lipinski definition) is 6. The summed E-state index contributed by atoms with van der Waals surface area (Å²) in [4.78, 5) is 11.0. The number of carbonyl (C=O) groups excluding carboxylic acids is 1. The Morgan fingerprint density at radius 1 is 1.00 bits per heavy atom. The molecular weight excluding hydrogens is 502 g/mol. The number of nitrogens with one attached hydrogen (secondary N) is 1. The first-order chi connectivity index (χ1) is 16.5. The summed E-state index contributed by atoms with van der Waals surface area (Å²) in [5.74, 6) is -2.87. The first-order valence-corrected chi connectivity index (χ1v) is 13.3. The molecule has 184 valence electrons. The van der Waals surface area contributed by atoms with Crippen molar-refractivity contribution in [2.75, 3.05) is 22.7 Å². The van der Waals surface area contributed by atoms with E-state index in [-0.39, 0.29) is 28.4 Å². The molecule has 1 aliphatic rings. The van der Waals surface area contributed by atoms with Crippen molar-refractivity contribution < 1.29 is 35.1 Å². The van der Waals surface area contributed by atoms with Crippen molar-refractivity contribution in [2.45, 2.75) is 22.6 Å². The zero-order chi connectivity index (χ0) is 25.4. The van der Waals surface area contributed by atoms with Crippen LogP contribution >= 0.6 is 0 Å². The molecule has 0 bridgehead atoms. The molecular formula is C23H20F2N2O6S2. The number of rotatable bonds is 6. The maximum Gasteiger partial charge on any atom is 0.337 e. The van der Waals surface area contributed by atoms with E-state index in [9.17, 15) is 30.4 Å². The normalized spacial score (nSPS) is 13.7. The summed E-state index contributed by atoms with van der Waals surface area (Å²) >= 11 is 0. The molecule has 0 fully saturated rings. The summed E-state index contributed by atoms with van der Waals surface area (Å²) in [7, 11) is -7.35. The number of carbonyl (C=O) groups is 1. The van der Waals surface area contributed by atoms with Gasteiger partial charge in [0.15, 0.2) is 0 Å². The van der Waals surface area contributed by atoms with Gasteiger partial charge in [0.2, 0.25) is 0 Å². The Labute approximate surface area is 201 Å². The Hall–Kier alpha value is -3.51. The molecule has 35 heavy (non-hydrogen) atoms. The lowest BCUT2D eigenvalue weighted by atomic mass is 10.0. The Morgan fingerprint density at radius 3 is 2.49 bits per heavy atom. The van der Waals surface area contributed by atoms with Gasteiger partial charge in [0, 0.05) is 12.6 Å². The average Bonchev–Trinajstić information content (AvgIpc) is 2.82. The van der Waals surface area contributed by atoms with Gasteiger partial charge in [0.25, 0.3) is 20.0 Å². The maximum atomic E-state index is 14.1. The van der Waals surface area contributed by atoms with Gasteiger partial charge in [-0.3, -0.25) is 9.03 Å². The van der Waals surface area contributed by atoms with Gasteiger partial charge in [-0.25, -0.2) is 30.4 Å². The van der Waals surface area contributed by atoms with Crippen LogP contribution in [0.5, 0.6) is 0 Å². The van der Waals surface area contributed by atoms with Gasteiger partial charge < -0.3 is 4.74 Å². The van der Waals surface area contributed by atoms with Crippen LogP contribution < -0.4 is 9.03 Å². The summed E-state index contributed by atoms with van der Waals surface area (Å²) in [6.45, 7) is 0.126. The van der Waals surface area contributed by atoms with Crippen LogP contribution in [0.4, 0.5) is 20.2 Å². The van der Waals surface area contributed by atoms with E-state index in [0.29, 0.717) is 24.5 Å². The van der Waals surface area contributed by atoms with E-state index >= 15 is 0 Å². The largest absolute Gasteiger partial charge is 0.465 e. The van der Waals surface area contributed by atoms with E-state index < -0.39 is 42.5 Å². The zero-order valence-electron chi connectivity index (χ0n) is 18.4. The number of halogens is 2. The molecule has 0 aromatic heterocycles. The Balaban J connectivity index is 1.71. The van der Waals surface area contributed by atoms with Crippen molar-refractivity contribution in [1.82, 2.24) is 0 Å². The van der Waals surface area contributed by atoms with Gasteiger partial charge in [-0.2, -0.15) is 0 Å². The lowest BCUT2D eigenvalue weighted by Gasteiger charge is -2.31. The Kier molecular flexibility index (Phi) is 6.52. The summed E-state index contributed by atoms with van der Waals surface area (Å²) in [6.07, 6.45) is 1.08. The number of nitrogens with zero attached hydrogens (tertiary/aromatic N) is 1. The Morgan fingerprint density at radius 2 is 1.77 bits per heavy atom. The minimum atomic E-state index is -4.42. The quantitative estimate of drug-likeness (QED) is 0.495. The number of anilines is 2. The van der Waals surface area contributed by atoms with Gasteiger partial charge >= 0.3 is 5.97 Å². The van der Waals surface area contributed by atoms with Crippen LogP contribution in [0.2, 0.25) is 0 Å². The highest BCUT2D eigenvalue weighted by atomic mass is 32.2. The molecule has 3 aromatic rings. The maximum absolute atomic E-state index is 14.1. The van der Waals surface area contributed by atoms with Gasteiger partial charge in [-0.1, -0.05) is 12.1 Å². The number of benzene rings is 3. The fourth-order valence-corrected chi connectivity index (χ4v) is 6.48. The van der Waals surface area contributed by atoms with Crippen molar-refractivity contribution in [3.05, 3.63) is 83.4 Å². The van der Waals surface area contributed by atoms with Crippen LogP contribution in [-0.2, 0) is 31.2 Å². The van der Waals surface area contributed by atoms with E-state index in [1.807, 2.05) is 0 Å². The number of ether oxygens (including phenoxy) is 1.